The van der Waals surface area contributed by atoms with Crippen LogP contribution in [-0.2, 0) is 4.79 Å². The maximum Gasteiger partial charge on any atom is 0.167 e. The summed E-state index contributed by atoms with van der Waals surface area (Å²) in [6, 6.07) is 0. The second-order valence-electron chi connectivity index (χ2n) is 7.93. The molecule has 3 nitrogen and oxygen atoms in total. The molecule has 1 unspecified atom stereocenters. The summed E-state index contributed by atoms with van der Waals surface area (Å²) in [4.78, 5) is 14.1. The number of allylic oxidation sites excluding steroid dienone is 2. The van der Waals surface area contributed by atoms with Crippen molar-refractivity contribution in [2.45, 2.75) is 116 Å². The van der Waals surface area contributed by atoms with Gasteiger partial charge in [0.25, 0.3) is 0 Å². The zero-order valence-electron chi connectivity index (χ0n) is 18.2. The highest BCUT2D eigenvalue weighted by molar-refractivity contribution is 5.87. The molecule has 26 heavy (non-hydrogen) atoms. The summed E-state index contributed by atoms with van der Waals surface area (Å²) >= 11 is 0. The smallest absolute Gasteiger partial charge is 0.167 e. The highest BCUT2D eigenvalue weighted by Crippen LogP contribution is 2.16. The lowest BCUT2D eigenvalue weighted by Crippen LogP contribution is -2.58. The van der Waals surface area contributed by atoms with E-state index in [2.05, 4.69) is 19.1 Å². The first-order valence-electron chi connectivity index (χ1n) is 11.1. The molecule has 154 valence electrons. The number of nitrogens with zero attached hydrogens (tertiary/aromatic N) is 1. The van der Waals surface area contributed by atoms with Crippen LogP contribution in [0.15, 0.2) is 12.2 Å². The summed E-state index contributed by atoms with van der Waals surface area (Å²) in [5, 5.41) is 0. The van der Waals surface area contributed by atoms with Crippen LogP contribution in [0.5, 0.6) is 0 Å². The Morgan fingerprint density at radius 3 is 1.73 bits per heavy atom. The minimum Gasteiger partial charge on any atom is -0.307 e. The Morgan fingerprint density at radius 1 is 0.808 bits per heavy atom. The zero-order valence-corrected chi connectivity index (χ0v) is 18.2. The fraction of sp³-hybridized carbons (Fsp3) is 0.870. The quantitative estimate of drug-likeness (QED) is 0.178. The maximum absolute atomic E-state index is 12.3. The maximum atomic E-state index is 12.3. The first-order valence-corrected chi connectivity index (χ1v) is 11.1. The molecule has 0 aromatic rings. The van der Waals surface area contributed by atoms with E-state index < -0.39 is 5.66 Å². The van der Waals surface area contributed by atoms with Gasteiger partial charge in [-0.05, 0) is 52.6 Å². The van der Waals surface area contributed by atoms with Crippen molar-refractivity contribution < 1.29 is 4.79 Å². The fourth-order valence-corrected chi connectivity index (χ4v) is 3.34. The molecule has 0 saturated carbocycles. The van der Waals surface area contributed by atoms with E-state index >= 15 is 0 Å². The lowest BCUT2D eigenvalue weighted by Gasteiger charge is -2.33. The van der Waals surface area contributed by atoms with Gasteiger partial charge in [0.05, 0.1) is 0 Å². The van der Waals surface area contributed by atoms with Crippen LogP contribution in [0.4, 0.5) is 0 Å². The number of nitrogens with two attached hydrogens (primary N) is 1. The van der Waals surface area contributed by atoms with Crippen molar-refractivity contribution in [3.8, 4) is 0 Å². The van der Waals surface area contributed by atoms with Gasteiger partial charge in [-0.3, -0.25) is 9.69 Å². The predicted octanol–water partition coefficient (Wildman–Crippen LogP) is 6.22. The van der Waals surface area contributed by atoms with Gasteiger partial charge in [0.2, 0.25) is 0 Å². The summed E-state index contributed by atoms with van der Waals surface area (Å²) in [5.41, 5.74) is 5.44. The van der Waals surface area contributed by atoms with E-state index in [0.29, 0.717) is 12.8 Å². The van der Waals surface area contributed by atoms with Gasteiger partial charge in [-0.2, -0.15) is 0 Å². The number of rotatable bonds is 18. The average molecular weight is 367 g/mol. The minimum absolute atomic E-state index is 0.183. The normalized spacial score (nSPS) is 14.2. The standard InChI is InChI=1S/C23H46N2O/c1-5-7-8-9-10-11-12-13-14-15-16-17-18-19-20-21-22(26)23(24,6-2)25(3)4/h13-14H,5-12,15-21,24H2,1-4H3. The molecule has 2 N–H and O–H groups in total. The molecule has 0 heterocycles. The van der Waals surface area contributed by atoms with Gasteiger partial charge < -0.3 is 5.73 Å². The number of Topliss-reactive ketones (excluding diaryl/α,β-unsaturated/α-hetero) is 1. The molecule has 0 bridgehead atoms. The molecule has 0 aliphatic heterocycles. The Hall–Kier alpha value is -0.670. The van der Waals surface area contributed by atoms with Gasteiger partial charge >= 0.3 is 0 Å². The van der Waals surface area contributed by atoms with Crippen LogP contribution < -0.4 is 5.73 Å². The Labute approximate surface area is 163 Å². The second-order valence-corrected chi connectivity index (χ2v) is 7.93. The van der Waals surface area contributed by atoms with Gasteiger partial charge in [-0.1, -0.05) is 77.4 Å². The zero-order chi connectivity index (χ0) is 19.7. The Kier molecular flexibility index (Phi) is 16.1. The fourth-order valence-electron chi connectivity index (χ4n) is 3.34. The molecule has 0 radical (unpaired) electrons. The summed E-state index contributed by atoms with van der Waals surface area (Å²) in [6.07, 6.45) is 22.6. The molecule has 0 saturated heterocycles. The largest absolute Gasteiger partial charge is 0.307 e. The number of hydrogen-bond donors (Lipinski definition) is 1. The van der Waals surface area contributed by atoms with Crippen LogP contribution in [0.1, 0.15) is 110 Å². The van der Waals surface area contributed by atoms with Gasteiger partial charge in [0, 0.05) is 6.42 Å². The molecule has 0 rings (SSSR count). The van der Waals surface area contributed by atoms with Crippen molar-refractivity contribution in [3.63, 3.8) is 0 Å². The highest BCUT2D eigenvalue weighted by atomic mass is 16.1. The number of likely N-dealkylation sites (N-methyl/N-ethyl adjacent to an activating group) is 1. The molecular weight excluding hydrogens is 320 g/mol. The summed E-state index contributed by atoms with van der Waals surface area (Å²) in [5.74, 6) is 0.183. The van der Waals surface area contributed by atoms with E-state index in [9.17, 15) is 4.79 Å². The van der Waals surface area contributed by atoms with Crippen molar-refractivity contribution >= 4 is 5.78 Å². The number of hydrogen-bond acceptors (Lipinski definition) is 3. The van der Waals surface area contributed by atoms with Crippen molar-refractivity contribution in [2.24, 2.45) is 5.73 Å². The number of carbonyl (C=O) groups is 1. The van der Waals surface area contributed by atoms with Crippen LogP contribution >= 0.6 is 0 Å². The van der Waals surface area contributed by atoms with Crippen molar-refractivity contribution in [2.75, 3.05) is 14.1 Å². The number of unbranched alkanes of at least 4 members (excludes halogenated alkanes) is 11. The van der Waals surface area contributed by atoms with Crippen LogP contribution in [0.3, 0.4) is 0 Å². The van der Waals surface area contributed by atoms with Crippen molar-refractivity contribution in [3.05, 3.63) is 12.2 Å². The third-order valence-corrected chi connectivity index (χ3v) is 5.49. The van der Waals surface area contributed by atoms with E-state index in [1.165, 1.54) is 70.6 Å². The molecule has 0 aromatic carbocycles. The molecule has 1 atom stereocenters. The lowest BCUT2D eigenvalue weighted by atomic mass is 9.96. The minimum atomic E-state index is -0.777. The Balaban J connectivity index is 3.48. The summed E-state index contributed by atoms with van der Waals surface area (Å²) in [7, 11) is 3.78. The Morgan fingerprint density at radius 2 is 1.27 bits per heavy atom. The molecule has 0 amide bonds. The SMILES string of the molecule is CCCCCCCCC=CCCCCCCCC(=O)C(N)(CC)N(C)C. The van der Waals surface area contributed by atoms with Gasteiger partial charge in [0.15, 0.2) is 5.78 Å². The van der Waals surface area contributed by atoms with Gasteiger partial charge in [0.1, 0.15) is 5.66 Å². The third-order valence-electron chi connectivity index (χ3n) is 5.49. The van der Waals surface area contributed by atoms with E-state index in [0.717, 1.165) is 12.8 Å². The monoisotopic (exact) mass is 366 g/mol. The van der Waals surface area contributed by atoms with E-state index in [1.54, 1.807) is 0 Å². The molecule has 0 aromatic heterocycles. The Bertz CT molecular complexity index is 365. The molecule has 0 aliphatic rings. The molecule has 3 heteroatoms. The van der Waals surface area contributed by atoms with Crippen LogP contribution in [0.25, 0.3) is 0 Å². The first kappa shape index (κ1) is 25.3. The van der Waals surface area contributed by atoms with E-state index in [1.807, 2.05) is 25.9 Å². The molecule has 0 aliphatic carbocycles. The predicted molar refractivity (Wildman–Crippen MR) is 115 cm³/mol. The number of ketones is 1. The summed E-state index contributed by atoms with van der Waals surface area (Å²) in [6.45, 7) is 4.25. The molecule has 0 fully saturated rings. The number of carbonyl (C=O) groups excluding carboxylic acids is 1. The van der Waals surface area contributed by atoms with Crippen LogP contribution in [-0.4, -0.2) is 30.4 Å². The molecular formula is C23H46N2O. The lowest BCUT2D eigenvalue weighted by molar-refractivity contribution is -0.130. The molecule has 0 spiro atoms. The second kappa shape index (κ2) is 16.5. The average Bonchev–Trinajstić information content (AvgIpc) is 2.63. The van der Waals surface area contributed by atoms with E-state index in [4.69, 9.17) is 5.73 Å². The third kappa shape index (κ3) is 11.9. The van der Waals surface area contributed by atoms with Gasteiger partial charge in [-0.15, -0.1) is 0 Å². The highest BCUT2D eigenvalue weighted by Gasteiger charge is 2.33. The van der Waals surface area contributed by atoms with Crippen molar-refractivity contribution in [1.82, 2.24) is 4.90 Å². The summed E-state index contributed by atoms with van der Waals surface area (Å²) < 4.78 is 0. The van der Waals surface area contributed by atoms with Crippen LogP contribution in [0.2, 0.25) is 0 Å². The van der Waals surface area contributed by atoms with Crippen LogP contribution in [0, 0.1) is 0 Å². The topological polar surface area (TPSA) is 46.3 Å². The van der Waals surface area contributed by atoms with E-state index in [-0.39, 0.29) is 5.78 Å². The van der Waals surface area contributed by atoms with Crippen molar-refractivity contribution in [1.29, 1.82) is 0 Å². The van der Waals surface area contributed by atoms with Gasteiger partial charge in [-0.25, -0.2) is 0 Å². The first-order chi connectivity index (χ1) is 12.5.